The summed E-state index contributed by atoms with van der Waals surface area (Å²) in [6.45, 7) is 0. The fourth-order valence-electron chi connectivity index (χ4n) is 6.63. The molecule has 0 spiro atoms. The summed E-state index contributed by atoms with van der Waals surface area (Å²) in [7, 11) is 0. The van der Waals surface area contributed by atoms with E-state index in [0.717, 1.165) is 22.2 Å². The van der Waals surface area contributed by atoms with Crippen LogP contribution < -0.4 is 0 Å². The van der Waals surface area contributed by atoms with Crippen molar-refractivity contribution in [3.8, 4) is 16.8 Å². The van der Waals surface area contributed by atoms with Gasteiger partial charge in [-0.25, -0.2) is 0 Å². The zero-order valence-electron chi connectivity index (χ0n) is 21.6. The molecule has 186 valence electrons. The molecule has 0 fully saturated rings. The maximum atomic E-state index is 6.74. The SMILES string of the molecule is c1ccc(-c2ccc(-n3c4ccc5ccccc5c4c4c5oc6ccccc6c5c5ccccc5c43)cc2)cc1. The molecule has 0 aliphatic heterocycles. The van der Waals surface area contributed by atoms with Gasteiger partial charge in [-0.1, -0.05) is 115 Å². The van der Waals surface area contributed by atoms with Gasteiger partial charge in [0.05, 0.1) is 16.4 Å². The maximum absolute atomic E-state index is 6.74. The molecule has 0 saturated heterocycles. The molecule has 0 unspecified atom stereocenters. The predicted octanol–water partition coefficient (Wildman–Crippen LogP) is 10.7. The number of aromatic nitrogens is 1. The molecule has 2 heteroatoms. The Morgan fingerprint density at radius 2 is 1.07 bits per heavy atom. The molecule has 0 radical (unpaired) electrons. The van der Waals surface area contributed by atoms with Crippen molar-refractivity contribution < 1.29 is 4.42 Å². The Labute approximate surface area is 230 Å². The number of benzene rings is 7. The second kappa shape index (κ2) is 8.08. The van der Waals surface area contributed by atoms with Crippen LogP contribution in [0, 0.1) is 0 Å². The van der Waals surface area contributed by atoms with E-state index >= 15 is 0 Å². The van der Waals surface area contributed by atoms with Gasteiger partial charge in [0.1, 0.15) is 11.2 Å². The molecule has 0 bridgehead atoms. The first-order valence-corrected chi connectivity index (χ1v) is 13.7. The van der Waals surface area contributed by atoms with Gasteiger partial charge in [0.25, 0.3) is 0 Å². The first-order chi connectivity index (χ1) is 19.9. The van der Waals surface area contributed by atoms with Gasteiger partial charge in [0.2, 0.25) is 0 Å². The van der Waals surface area contributed by atoms with Gasteiger partial charge in [-0.05, 0) is 51.6 Å². The molecule has 0 aliphatic carbocycles. The molecule has 0 N–H and O–H groups in total. The van der Waals surface area contributed by atoms with Crippen LogP contribution in [0.2, 0.25) is 0 Å². The van der Waals surface area contributed by atoms with Crippen LogP contribution in [0.1, 0.15) is 0 Å². The predicted molar refractivity (Wildman–Crippen MR) is 169 cm³/mol. The summed E-state index contributed by atoms with van der Waals surface area (Å²) in [6, 6.07) is 49.9. The third-order valence-corrected chi connectivity index (χ3v) is 8.37. The summed E-state index contributed by atoms with van der Waals surface area (Å²) in [4.78, 5) is 0. The summed E-state index contributed by atoms with van der Waals surface area (Å²) in [5.41, 5.74) is 7.80. The van der Waals surface area contributed by atoms with Crippen LogP contribution in [-0.4, -0.2) is 4.57 Å². The second-order valence-corrected chi connectivity index (χ2v) is 10.5. The average molecular weight is 510 g/mol. The van der Waals surface area contributed by atoms with Crippen molar-refractivity contribution in [3.05, 3.63) is 140 Å². The first kappa shape index (κ1) is 21.6. The van der Waals surface area contributed by atoms with Crippen LogP contribution in [0.5, 0.6) is 0 Å². The van der Waals surface area contributed by atoms with E-state index in [1.54, 1.807) is 0 Å². The summed E-state index contributed by atoms with van der Waals surface area (Å²) < 4.78 is 9.18. The third kappa shape index (κ3) is 2.88. The quantitative estimate of drug-likeness (QED) is 0.227. The van der Waals surface area contributed by atoms with Crippen molar-refractivity contribution in [2.75, 3.05) is 0 Å². The summed E-state index contributed by atoms with van der Waals surface area (Å²) in [5, 5.41) is 9.65. The van der Waals surface area contributed by atoms with E-state index < -0.39 is 0 Å². The minimum absolute atomic E-state index is 0.920. The van der Waals surface area contributed by atoms with Gasteiger partial charge in [-0.3, -0.25) is 0 Å². The van der Waals surface area contributed by atoms with Crippen LogP contribution >= 0.6 is 0 Å². The van der Waals surface area contributed by atoms with Crippen LogP contribution in [0.25, 0.3) is 82.1 Å². The molecule has 2 aromatic heterocycles. The molecule has 2 nitrogen and oxygen atoms in total. The Balaban J connectivity index is 1.51. The molecule has 2 heterocycles. The van der Waals surface area contributed by atoms with Gasteiger partial charge >= 0.3 is 0 Å². The third-order valence-electron chi connectivity index (χ3n) is 8.37. The number of rotatable bonds is 2. The van der Waals surface area contributed by atoms with Crippen LogP contribution in [-0.2, 0) is 0 Å². The van der Waals surface area contributed by atoms with Gasteiger partial charge in [-0.15, -0.1) is 0 Å². The lowest BCUT2D eigenvalue weighted by Crippen LogP contribution is -1.95. The lowest BCUT2D eigenvalue weighted by atomic mass is 9.98. The van der Waals surface area contributed by atoms with Crippen LogP contribution in [0.15, 0.2) is 144 Å². The summed E-state index contributed by atoms with van der Waals surface area (Å²) in [5.74, 6) is 0. The van der Waals surface area contributed by atoms with Crippen molar-refractivity contribution in [1.82, 2.24) is 4.57 Å². The van der Waals surface area contributed by atoms with Gasteiger partial charge in [0.15, 0.2) is 0 Å². The molecule has 0 atom stereocenters. The molecule has 40 heavy (non-hydrogen) atoms. The van der Waals surface area contributed by atoms with E-state index in [2.05, 4.69) is 144 Å². The Morgan fingerprint density at radius 1 is 0.425 bits per heavy atom. The van der Waals surface area contributed by atoms with Crippen molar-refractivity contribution in [1.29, 1.82) is 0 Å². The number of hydrogen-bond donors (Lipinski definition) is 0. The zero-order valence-corrected chi connectivity index (χ0v) is 21.6. The number of nitrogens with zero attached hydrogens (tertiary/aromatic N) is 1. The standard InChI is InChI=1S/C38H23NO/c1-2-10-24(11-3-1)25-18-21-27(22-19-25)39-32-23-20-26-12-4-5-13-28(26)35(32)36-37(39)30-15-7-6-14-29(30)34-31-16-8-9-17-33(31)40-38(34)36/h1-23H. The van der Waals surface area contributed by atoms with Gasteiger partial charge in [-0.2, -0.15) is 0 Å². The molecule has 9 aromatic rings. The minimum atomic E-state index is 0.920. The largest absolute Gasteiger partial charge is 0.455 e. The molecule has 7 aromatic carbocycles. The highest BCUT2D eigenvalue weighted by molar-refractivity contribution is 6.37. The fraction of sp³-hybridized carbons (Fsp3) is 0. The lowest BCUT2D eigenvalue weighted by molar-refractivity contribution is 0.673. The van der Waals surface area contributed by atoms with E-state index in [-0.39, 0.29) is 0 Å². The van der Waals surface area contributed by atoms with Crippen molar-refractivity contribution in [2.45, 2.75) is 0 Å². The Bertz CT molecular complexity index is 2410. The number of para-hydroxylation sites is 1. The number of fused-ring (bicyclic) bond motifs is 12. The van der Waals surface area contributed by atoms with Crippen LogP contribution in [0.3, 0.4) is 0 Å². The van der Waals surface area contributed by atoms with Gasteiger partial charge in [0, 0.05) is 27.2 Å². The highest BCUT2D eigenvalue weighted by Gasteiger charge is 2.23. The molecular weight excluding hydrogens is 486 g/mol. The Hall–Kier alpha value is -5.34. The normalized spacial score (nSPS) is 12.0. The highest BCUT2D eigenvalue weighted by Crippen LogP contribution is 2.47. The van der Waals surface area contributed by atoms with E-state index in [0.29, 0.717) is 0 Å². The van der Waals surface area contributed by atoms with E-state index in [1.807, 2.05) is 0 Å². The highest BCUT2D eigenvalue weighted by atomic mass is 16.3. The van der Waals surface area contributed by atoms with Gasteiger partial charge < -0.3 is 8.98 Å². The topological polar surface area (TPSA) is 18.1 Å². The lowest BCUT2D eigenvalue weighted by Gasteiger charge is -2.12. The minimum Gasteiger partial charge on any atom is -0.455 e. The first-order valence-electron chi connectivity index (χ1n) is 13.7. The zero-order chi connectivity index (χ0) is 26.2. The molecule has 0 aliphatic rings. The van der Waals surface area contributed by atoms with E-state index in [4.69, 9.17) is 4.42 Å². The summed E-state index contributed by atoms with van der Waals surface area (Å²) >= 11 is 0. The average Bonchev–Trinajstić information content (AvgIpc) is 3.59. The number of furan rings is 1. The van der Waals surface area contributed by atoms with E-state index in [1.165, 1.54) is 59.9 Å². The maximum Gasteiger partial charge on any atom is 0.146 e. The smallest absolute Gasteiger partial charge is 0.146 e. The summed E-state index contributed by atoms with van der Waals surface area (Å²) in [6.07, 6.45) is 0. The van der Waals surface area contributed by atoms with Crippen molar-refractivity contribution >= 4 is 65.3 Å². The Morgan fingerprint density at radius 3 is 1.90 bits per heavy atom. The molecule has 0 amide bonds. The molecule has 0 saturated carbocycles. The van der Waals surface area contributed by atoms with Crippen molar-refractivity contribution in [3.63, 3.8) is 0 Å². The van der Waals surface area contributed by atoms with Crippen molar-refractivity contribution in [2.24, 2.45) is 0 Å². The van der Waals surface area contributed by atoms with Crippen LogP contribution in [0.4, 0.5) is 0 Å². The van der Waals surface area contributed by atoms with E-state index in [9.17, 15) is 0 Å². The fourth-order valence-corrected chi connectivity index (χ4v) is 6.63. The molecular formula is C38H23NO. The Kier molecular flexibility index (Phi) is 4.36. The molecule has 9 rings (SSSR count). The monoisotopic (exact) mass is 509 g/mol. The number of hydrogen-bond acceptors (Lipinski definition) is 1. The second-order valence-electron chi connectivity index (χ2n) is 10.5.